The van der Waals surface area contributed by atoms with E-state index in [0.717, 1.165) is 0 Å². The fraction of sp³-hybridized carbons (Fsp3) is 0. The van der Waals surface area contributed by atoms with E-state index in [9.17, 15) is 6.85 Å². The van der Waals surface area contributed by atoms with E-state index in [1.165, 1.54) is 0 Å². The molecule has 7 aromatic carbocycles. The van der Waals surface area contributed by atoms with Gasteiger partial charge in [0, 0.05) is 10.8 Å². The van der Waals surface area contributed by atoms with Crippen molar-refractivity contribution in [2.24, 2.45) is 0 Å². The molecule has 0 saturated carbocycles. The lowest BCUT2D eigenvalue weighted by atomic mass is 9.85. The fourth-order valence-electron chi connectivity index (χ4n) is 4.70. The second-order valence-corrected chi connectivity index (χ2v) is 8.01. The molecule has 0 aliphatic heterocycles. The molecule has 1 aromatic heterocycles. The molecule has 0 unspecified atom stereocenters. The van der Waals surface area contributed by atoms with Crippen LogP contribution in [-0.4, -0.2) is 0 Å². The lowest BCUT2D eigenvalue weighted by Gasteiger charge is -2.18. The molecule has 0 aliphatic carbocycles. The van der Waals surface area contributed by atoms with E-state index in [1.807, 2.05) is 0 Å². The molecule has 0 radical (unpaired) electrons. The first kappa shape index (κ1) is 8.33. The Hall–Kier alpha value is -4.88. The van der Waals surface area contributed by atoms with Crippen molar-refractivity contribution in [2.45, 2.75) is 0 Å². The Labute approximate surface area is 245 Å². The third kappa shape index (κ3) is 2.92. The first-order valence-corrected chi connectivity index (χ1v) is 10.9. The van der Waals surface area contributed by atoms with Crippen LogP contribution in [0.1, 0.15) is 30.2 Å². The third-order valence-electron chi connectivity index (χ3n) is 6.14. The molecule has 0 amide bonds. The maximum atomic E-state index is 9.40. The second-order valence-electron chi connectivity index (χ2n) is 8.01. The number of fused-ring (bicyclic) bond motifs is 7. The summed E-state index contributed by atoms with van der Waals surface area (Å²) in [6.07, 6.45) is 0. The van der Waals surface area contributed by atoms with Crippen molar-refractivity contribution < 1.29 is 34.6 Å². The van der Waals surface area contributed by atoms with Crippen LogP contribution in [0.2, 0.25) is 0 Å². The minimum atomic E-state index is -0.911. The Balaban J connectivity index is 1.84. The molecule has 0 N–H and O–H groups in total. The molecule has 0 aliphatic rings. The number of furan rings is 1. The molecule has 37 heavy (non-hydrogen) atoms. The summed E-state index contributed by atoms with van der Waals surface area (Å²) in [5, 5.41) is -4.18. The highest BCUT2D eigenvalue weighted by atomic mass is 16.3. The summed E-state index contributed by atoms with van der Waals surface area (Å²) < 4.78 is 200. The maximum Gasteiger partial charge on any atom is 0.136 e. The standard InChI is InChI=1S/C36H22O/c1-2-12-24(13-3-1)33-26-15-6-8-17-28(26)34(29-18-9-7-16-27(29)33)30-19-10-20-31-36(30)35-25-14-5-4-11-23(25)21-22-32(35)37-31/h1-22H/i1D,2D,3D,4D,5D,6D,7D,8D,9D,10D,11D,12D,13D,14D,15D,16D,17D,18D,19D,20D,21D,22D. The molecule has 8 rings (SSSR count). The van der Waals surface area contributed by atoms with E-state index >= 15 is 0 Å². The van der Waals surface area contributed by atoms with Crippen molar-refractivity contribution in [1.29, 1.82) is 0 Å². The molecule has 1 heteroatoms. The van der Waals surface area contributed by atoms with Crippen LogP contribution < -0.4 is 0 Å². The monoisotopic (exact) mass is 492 g/mol. The van der Waals surface area contributed by atoms with Gasteiger partial charge >= 0.3 is 0 Å². The Morgan fingerprint density at radius 3 is 1.68 bits per heavy atom. The Bertz CT molecular complexity index is 3240. The van der Waals surface area contributed by atoms with Gasteiger partial charge in [-0.2, -0.15) is 0 Å². The zero-order valence-electron chi connectivity index (χ0n) is 40.4. The SMILES string of the molecule is [2H]c1c([2H])c([2H])c(-c2c3c([2H])c([2H])c([2H])c([2H])c3c(-c3c([2H])c([2H])c([2H])c4oc5c([2H])c([2H])c6c([2H])c([2H])c([2H])c([2H])c6c5c34)c3c([2H])c([2H])c([2H])c([2H])c23)c([2H])c1[2H]. The van der Waals surface area contributed by atoms with Crippen LogP contribution in [-0.2, 0) is 0 Å². The van der Waals surface area contributed by atoms with Crippen molar-refractivity contribution in [1.82, 2.24) is 0 Å². The summed E-state index contributed by atoms with van der Waals surface area (Å²) in [6.45, 7) is 0. The second kappa shape index (κ2) is 7.81. The van der Waals surface area contributed by atoms with Gasteiger partial charge in [0.1, 0.15) is 11.2 Å². The van der Waals surface area contributed by atoms with Crippen LogP contribution in [0.5, 0.6) is 0 Å². The van der Waals surface area contributed by atoms with Gasteiger partial charge in [0.15, 0.2) is 0 Å². The minimum absolute atomic E-state index is 0.377. The number of hydrogen-bond acceptors (Lipinski definition) is 1. The zero-order valence-corrected chi connectivity index (χ0v) is 18.4. The van der Waals surface area contributed by atoms with Crippen molar-refractivity contribution >= 4 is 54.3 Å². The number of rotatable bonds is 2. The number of hydrogen-bond donors (Lipinski definition) is 0. The van der Waals surface area contributed by atoms with Crippen LogP contribution in [0.4, 0.5) is 0 Å². The van der Waals surface area contributed by atoms with E-state index < -0.39 is 204 Å². The largest absolute Gasteiger partial charge is 0.456 e. The summed E-state index contributed by atoms with van der Waals surface area (Å²) in [7, 11) is 0. The van der Waals surface area contributed by atoms with Crippen molar-refractivity contribution in [3.8, 4) is 22.3 Å². The summed E-state index contributed by atoms with van der Waals surface area (Å²) in [5.41, 5.74) is -3.60. The van der Waals surface area contributed by atoms with Crippen molar-refractivity contribution in [3.63, 3.8) is 0 Å². The molecule has 0 fully saturated rings. The van der Waals surface area contributed by atoms with Gasteiger partial charge in [-0.1, -0.05) is 121 Å². The molecule has 1 nitrogen and oxygen atoms in total. The van der Waals surface area contributed by atoms with Crippen LogP contribution >= 0.6 is 0 Å². The zero-order chi connectivity index (χ0) is 43.5. The van der Waals surface area contributed by atoms with Gasteiger partial charge in [-0.05, 0) is 66.7 Å². The van der Waals surface area contributed by atoms with Gasteiger partial charge in [0.25, 0.3) is 0 Å². The first-order valence-electron chi connectivity index (χ1n) is 21.9. The summed E-state index contributed by atoms with van der Waals surface area (Å²) in [6, 6.07) is -18.6. The van der Waals surface area contributed by atoms with E-state index in [2.05, 4.69) is 0 Å². The van der Waals surface area contributed by atoms with Gasteiger partial charge < -0.3 is 4.42 Å². The summed E-state index contributed by atoms with van der Waals surface area (Å²) in [5.74, 6) is 0. The van der Waals surface area contributed by atoms with Gasteiger partial charge in [-0.15, -0.1) is 0 Å². The highest BCUT2D eigenvalue weighted by Crippen LogP contribution is 2.47. The highest BCUT2D eigenvalue weighted by Gasteiger charge is 2.20. The highest BCUT2D eigenvalue weighted by molar-refractivity contribution is 6.28. The van der Waals surface area contributed by atoms with Gasteiger partial charge in [0.2, 0.25) is 0 Å². The molecule has 8 aromatic rings. The van der Waals surface area contributed by atoms with Gasteiger partial charge in [-0.25, -0.2) is 0 Å². The molecular weight excluding hydrogens is 448 g/mol. The van der Waals surface area contributed by atoms with Crippen molar-refractivity contribution in [3.05, 3.63) is 133 Å². The van der Waals surface area contributed by atoms with E-state index in [4.69, 9.17) is 27.7 Å². The molecule has 0 atom stereocenters. The average Bonchev–Trinajstić information content (AvgIpc) is 3.60. The van der Waals surface area contributed by atoms with E-state index in [-0.39, 0.29) is 5.39 Å². The molecule has 0 bridgehead atoms. The molecule has 0 spiro atoms. The van der Waals surface area contributed by atoms with Crippen molar-refractivity contribution in [2.75, 3.05) is 0 Å². The molecule has 172 valence electrons. The average molecular weight is 493 g/mol. The van der Waals surface area contributed by atoms with Crippen LogP contribution in [0.3, 0.4) is 0 Å². The normalized spacial score (nSPS) is 20.1. The maximum absolute atomic E-state index is 9.40. The van der Waals surface area contributed by atoms with Gasteiger partial charge in [-0.3, -0.25) is 0 Å². The predicted molar refractivity (Wildman–Crippen MR) is 157 cm³/mol. The predicted octanol–water partition coefficient (Wildman–Crippen LogP) is 10.4. The third-order valence-corrected chi connectivity index (χ3v) is 6.14. The number of benzene rings is 7. The van der Waals surface area contributed by atoms with Crippen LogP contribution in [0.25, 0.3) is 76.5 Å². The quantitative estimate of drug-likeness (QED) is 0.219. The molecule has 0 saturated heterocycles. The molecule has 1 heterocycles. The smallest absolute Gasteiger partial charge is 0.136 e. The van der Waals surface area contributed by atoms with Gasteiger partial charge in [0.05, 0.1) is 30.2 Å². The Morgan fingerprint density at radius 2 is 0.973 bits per heavy atom. The van der Waals surface area contributed by atoms with E-state index in [1.54, 1.807) is 0 Å². The lowest BCUT2D eigenvalue weighted by Crippen LogP contribution is -1.91. The first-order chi connectivity index (χ1) is 27.5. The van der Waals surface area contributed by atoms with Crippen LogP contribution in [0, 0.1) is 0 Å². The Morgan fingerprint density at radius 1 is 0.405 bits per heavy atom. The summed E-state index contributed by atoms with van der Waals surface area (Å²) in [4.78, 5) is 0. The lowest BCUT2D eigenvalue weighted by molar-refractivity contribution is 0.669. The van der Waals surface area contributed by atoms with Crippen LogP contribution in [0.15, 0.2) is 137 Å². The molecular formula is C36H22O. The minimum Gasteiger partial charge on any atom is -0.456 e. The topological polar surface area (TPSA) is 13.1 Å². The summed E-state index contributed by atoms with van der Waals surface area (Å²) >= 11 is 0. The fourth-order valence-corrected chi connectivity index (χ4v) is 4.70. The van der Waals surface area contributed by atoms with E-state index in [0.29, 0.717) is 0 Å². The Kier molecular flexibility index (Phi) is 1.76.